The van der Waals surface area contributed by atoms with E-state index in [0.717, 1.165) is 0 Å². The van der Waals surface area contributed by atoms with Crippen LogP contribution in [0.25, 0.3) is 0 Å². The van der Waals surface area contributed by atoms with Gasteiger partial charge in [-0.3, -0.25) is 9.59 Å². The molecular weight excluding hydrogens is 376 g/mol. The maximum atomic E-state index is 12.4. The van der Waals surface area contributed by atoms with Gasteiger partial charge in [-0.05, 0) is 31.2 Å². The topological polar surface area (TPSA) is 94.2 Å². The molecule has 2 aromatic carbocycles. The zero-order chi connectivity index (χ0) is 20.8. The number of anilines is 2. The first kappa shape index (κ1) is 20.2. The van der Waals surface area contributed by atoms with Gasteiger partial charge in [0.1, 0.15) is 0 Å². The monoisotopic (exact) mass is 398 g/mol. The van der Waals surface area contributed by atoms with Gasteiger partial charge >= 0.3 is 5.97 Å². The first-order chi connectivity index (χ1) is 14.0. The second kappa shape index (κ2) is 9.09. The molecule has 1 N–H and O–H groups in total. The number of esters is 1. The summed E-state index contributed by atoms with van der Waals surface area (Å²) in [4.78, 5) is 38.1. The summed E-state index contributed by atoms with van der Waals surface area (Å²) >= 11 is 0. The highest BCUT2D eigenvalue weighted by Crippen LogP contribution is 2.35. The van der Waals surface area contributed by atoms with Crippen LogP contribution < -0.4 is 19.7 Å². The van der Waals surface area contributed by atoms with Crippen molar-refractivity contribution in [2.24, 2.45) is 0 Å². The highest BCUT2D eigenvalue weighted by molar-refractivity contribution is 6.01. The lowest BCUT2D eigenvalue weighted by molar-refractivity contribution is -0.117. The fourth-order valence-corrected chi connectivity index (χ4v) is 2.93. The van der Waals surface area contributed by atoms with E-state index in [0.29, 0.717) is 22.9 Å². The lowest BCUT2D eigenvalue weighted by Gasteiger charge is -2.21. The van der Waals surface area contributed by atoms with Gasteiger partial charge in [0.2, 0.25) is 18.6 Å². The molecule has 0 aromatic heterocycles. The summed E-state index contributed by atoms with van der Waals surface area (Å²) in [7, 11) is 0. The molecule has 29 heavy (non-hydrogen) atoms. The maximum Gasteiger partial charge on any atom is 0.340 e. The Balaban J connectivity index is 1.66. The number of carbonyl (C=O) groups is 3. The molecule has 1 heterocycles. The predicted octanol–water partition coefficient (Wildman–Crippen LogP) is 2.97. The number of hydrogen-bond acceptors (Lipinski definition) is 6. The summed E-state index contributed by atoms with van der Waals surface area (Å²) in [6, 6.07) is 11.8. The van der Waals surface area contributed by atoms with Crippen molar-refractivity contribution < 1.29 is 28.6 Å². The van der Waals surface area contributed by atoms with E-state index < -0.39 is 5.97 Å². The summed E-state index contributed by atoms with van der Waals surface area (Å²) in [6.07, 6.45) is 0.0468. The van der Waals surface area contributed by atoms with E-state index in [1.54, 1.807) is 49.4 Å². The van der Waals surface area contributed by atoms with E-state index in [1.165, 1.54) is 11.8 Å². The molecule has 0 saturated carbocycles. The van der Waals surface area contributed by atoms with Gasteiger partial charge < -0.3 is 24.4 Å². The fraction of sp³-hybridized carbons (Fsp3) is 0.286. The zero-order valence-corrected chi connectivity index (χ0v) is 16.3. The number of ether oxygens (including phenoxy) is 3. The minimum atomic E-state index is -0.505. The molecule has 0 fully saturated rings. The molecule has 2 amide bonds. The molecule has 152 valence electrons. The van der Waals surface area contributed by atoms with Crippen molar-refractivity contribution in [3.8, 4) is 11.5 Å². The minimum Gasteiger partial charge on any atom is -0.462 e. The summed E-state index contributed by atoms with van der Waals surface area (Å²) in [5.41, 5.74) is 1.26. The van der Waals surface area contributed by atoms with Gasteiger partial charge in [-0.1, -0.05) is 12.1 Å². The van der Waals surface area contributed by atoms with E-state index in [9.17, 15) is 14.4 Å². The first-order valence-corrected chi connectivity index (χ1v) is 9.23. The van der Waals surface area contributed by atoms with E-state index in [2.05, 4.69) is 5.32 Å². The molecule has 0 radical (unpaired) electrons. The Morgan fingerprint density at radius 2 is 1.86 bits per heavy atom. The summed E-state index contributed by atoms with van der Waals surface area (Å²) in [6.45, 7) is 3.69. The van der Waals surface area contributed by atoms with Crippen molar-refractivity contribution in [3.63, 3.8) is 0 Å². The Kier molecular flexibility index (Phi) is 6.33. The number of carbonyl (C=O) groups excluding carboxylic acids is 3. The number of nitrogens with zero attached hydrogens (tertiary/aromatic N) is 1. The van der Waals surface area contributed by atoms with Crippen LogP contribution in [-0.2, 0) is 14.3 Å². The van der Waals surface area contributed by atoms with Gasteiger partial charge in [-0.15, -0.1) is 0 Å². The maximum absolute atomic E-state index is 12.4. The number of hydrogen-bond donors (Lipinski definition) is 1. The van der Waals surface area contributed by atoms with Gasteiger partial charge in [-0.25, -0.2) is 4.79 Å². The van der Waals surface area contributed by atoms with Crippen LogP contribution in [0.3, 0.4) is 0 Å². The number of amides is 2. The third-order valence-corrected chi connectivity index (χ3v) is 4.31. The lowest BCUT2D eigenvalue weighted by Crippen LogP contribution is -2.32. The first-order valence-electron chi connectivity index (χ1n) is 9.23. The van der Waals surface area contributed by atoms with Crippen molar-refractivity contribution >= 4 is 29.2 Å². The molecule has 0 saturated heterocycles. The van der Waals surface area contributed by atoms with Crippen LogP contribution in [-0.4, -0.2) is 37.7 Å². The average molecular weight is 398 g/mol. The molecule has 1 aliphatic heterocycles. The second-order valence-electron chi connectivity index (χ2n) is 6.27. The molecule has 8 heteroatoms. The average Bonchev–Trinajstić information content (AvgIpc) is 3.16. The molecule has 0 spiro atoms. The van der Waals surface area contributed by atoms with Crippen LogP contribution in [0.4, 0.5) is 11.4 Å². The Labute approximate surface area is 168 Å². The zero-order valence-electron chi connectivity index (χ0n) is 16.3. The van der Waals surface area contributed by atoms with Crippen LogP contribution in [0.5, 0.6) is 11.5 Å². The van der Waals surface area contributed by atoms with Crippen molar-refractivity contribution in [2.45, 2.75) is 20.3 Å². The standard InChI is InChI=1S/C21H22N2O6/c1-3-27-21(26)16-6-4-5-7-17(16)22-20(25)10-11-23(14(2)24)15-8-9-18-19(12-15)29-13-28-18/h4-9,12H,3,10-11,13H2,1-2H3,(H,22,25). The molecule has 1 aliphatic rings. The van der Waals surface area contributed by atoms with E-state index in [-0.39, 0.29) is 43.7 Å². The molecule has 0 aliphatic carbocycles. The molecule has 0 atom stereocenters. The Hall–Kier alpha value is -3.55. The van der Waals surface area contributed by atoms with Gasteiger partial charge in [0, 0.05) is 31.6 Å². The molecule has 0 bridgehead atoms. The molecular formula is C21H22N2O6. The lowest BCUT2D eigenvalue weighted by atomic mass is 10.1. The SMILES string of the molecule is CCOC(=O)c1ccccc1NC(=O)CCN(C(C)=O)c1ccc2c(c1)OCO2. The van der Waals surface area contributed by atoms with Crippen LogP contribution in [0.2, 0.25) is 0 Å². The van der Waals surface area contributed by atoms with Crippen molar-refractivity contribution in [2.75, 3.05) is 30.2 Å². The molecule has 0 unspecified atom stereocenters. The third kappa shape index (κ3) is 4.84. The Bertz CT molecular complexity index is 927. The smallest absolute Gasteiger partial charge is 0.340 e. The largest absolute Gasteiger partial charge is 0.462 e. The molecule has 3 rings (SSSR count). The van der Waals surface area contributed by atoms with Gasteiger partial charge in [0.05, 0.1) is 17.9 Å². The van der Waals surface area contributed by atoms with Crippen LogP contribution in [0.15, 0.2) is 42.5 Å². The van der Waals surface area contributed by atoms with E-state index >= 15 is 0 Å². The predicted molar refractivity (Wildman–Crippen MR) is 106 cm³/mol. The minimum absolute atomic E-state index is 0.0468. The number of para-hydroxylation sites is 1. The van der Waals surface area contributed by atoms with Crippen LogP contribution in [0, 0.1) is 0 Å². The van der Waals surface area contributed by atoms with Crippen molar-refractivity contribution in [3.05, 3.63) is 48.0 Å². The number of benzene rings is 2. The normalized spacial score (nSPS) is 11.7. The summed E-state index contributed by atoms with van der Waals surface area (Å²) in [5.74, 6) is 0.138. The van der Waals surface area contributed by atoms with Gasteiger partial charge in [0.25, 0.3) is 0 Å². The van der Waals surface area contributed by atoms with E-state index in [4.69, 9.17) is 14.2 Å². The third-order valence-electron chi connectivity index (χ3n) is 4.31. The highest BCUT2D eigenvalue weighted by atomic mass is 16.7. The van der Waals surface area contributed by atoms with Crippen molar-refractivity contribution in [1.29, 1.82) is 0 Å². The number of fused-ring (bicyclic) bond motifs is 1. The fourth-order valence-electron chi connectivity index (χ4n) is 2.93. The highest BCUT2D eigenvalue weighted by Gasteiger charge is 2.20. The summed E-state index contributed by atoms with van der Waals surface area (Å²) in [5, 5.41) is 2.71. The second-order valence-corrected chi connectivity index (χ2v) is 6.27. The number of rotatable bonds is 7. The summed E-state index contributed by atoms with van der Waals surface area (Å²) < 4.78 is 15.6. The molecule has 2 aromatic rings. The quantitative estimate of drug-likeness (QED) is 0.721. The molecule has 8 nitrogen and oxygen atoms in total. The van der Waals surface area contributed by atoms with Crippen LogP contribution >= 0.6 is 0 Å². The Morgan fingerprint density at radius 3 is 2.62 bits per heavy atom. The van der Waals surface area contributed by atoms with E-state index in [1.807, 2.05) is 0 Å². The van der Waals surface area contributed by atoms with Crippen molar-refractivity contribution in [1.82, 2.24) is 0 Å². The van der Waals surface area contributed by atoms with Gasteiger partial charge in [-0.2, -0.15) is 0 Å². The van der Waals surface area contributed by atoms with Gasteiger partial charge in [0.15, 0.2) is 11.5 Å². The number of nitrogens with one attached hydrogen (secondary N) is 1. The van der Waals surface area contributed by atoms with Crippen LogP contribution in [0.1, 0.15) is 30.6 Å². The Morgan fingerprint density at radius 1 is 1.10 bits per heavy atom.